The first-order valence-electron chi connectivity index (χ1n) is 11.4. The van der Waals surface area contributed by atoms with Gasteiger partial charge in [0, 0.05) is 13.6 Å². The molecule has 0 bridgehead atoms. The number of nitrogens with zero attached hydrogens (tertiary/aromatic N) is 4. The topological polar surface area (TPSA) is 96.4 Å². The van der Waals surface area contributed by atoms with Gasteiger partial charge in [0.05, 0.1) is 6.61 Å². The van der Waals surface area contributed by atoms with Crippen molar-refractivity contribution in [2.75, 3.05) is 18.1 Å². The van der Waals surface area contributed by atoms with Gasteiger partial charge in [-0.3, -0.25) is 13.9 Å². The minimum Gasteiger partial charge on any atom is -0.494 e. The number of unbranched alkanes of at least 4 members (excludes halogenated alkanes) is 3. The third kappa shape index (κ3) is 3.92. The molecule has 1 aliphatic heterocycles. The van der Waals surface area contributed by atoms with E-state index in [-0.39, 0.29) is 17.8 Å². The number of aliphatic hydroxyl groups excluding tert-OH is 1. The molecule has 0 radical (unpaired) electrons. The minimum atomic E-state index is -0.660. The van der Waals surface area contributed by atoms with Crippen molar-refractivity contribution in [3.05, 3.63) is 45.1 Å². The number of rotatable bonds is 8. The van der Waals surface area contributed by atoms with Gasteiger partial charge in [0.1, 0.15) is 30.6 Å². The number of hydrogen-bond acceptors (Lipinski definition) is 5. The molecular weight excluding hydrogens is 410 g/mol. The molecule has 1 atom stereocenters. The Morgan fingerprint density at radius 1 is 1.16 bits per heavy atom. The molecule has 0 amide bonds. The molecule has 3 heterocycles. The molecule has 0 saturated heterocycles. The summed E-state index contributed by atoms with van der Waals surface area (Å²) in [5.74, 6) is 1.44. The van der Waals surface area contributed by atoms with Crippen molar-refractivity contribution in [2.45, 2.75) is 58.7 Å². The first-order chi connectivity index (χ1) is 15.5. The van der Waals surface area contributed by atoms with Crippen LogP contribution in [-0.2, 0) is 20.1 Å². The van der Waals surface area contributed by atoms with E-state index in [0.29, 0.717) is 36.8 Å². The van der Waals surface area contributed by atoms with Crippen molar-refractivity contribution < 1.29 is 14.4 Å². The van der Waals surface area contributed by atoms with Crippen LogP contribution in [0.3, 0.4) is 0 Å². The maximum absolute atomic E-state index is 13.4. The van der Waals surface area contributed by atoms with Gasteiger partial charge in [0.15, 0.2) is 0 Å². The molecule has 0 unspecified atom stereocenters. The Morgan fingerprint density at radius 2 is 1.91 bits per heavy atom. The number of H-pyrrole nitrogens is 1. The molecule has 0 spiro atoms. The van der Waals surface area contributed by atoms with Gasteiger partial charge in [0.25, 0.3) is 5.56 Å². The highest BCUT2D eigenvalue weighted by Crippen LogP contribution is 2.28. The highest BCUT2D eigenvalue weighted by molar-refractivity contribution is 5.70. The van der Waals surface area contributed by atoms with Crippen LogP contribution in [-0.4, -0.2) is 38.5 Å². The highest BCUT2D eigenvalue weighted by atomic mass is 16.5. The van der Waals surface area contributed by atoms with E-state index in [0.717, 1.165) is 37.1 Å². The molecule has 0 saturated carbocycles. The van der Waals surface area contributed by atoms with Gasteiger partial charge in [-0.05, 0) is 37.6 Å². The average Bonchev–Trinajstić information content (AvgIpc) is 3.17. The summed E-state index contributed by atoms with van der Waals surface area (Å²) in [7, 11) is 1.67. The number of aromatic amines is 1. The van der Waals surface area contributed by atoms with Crippen molar-refractivity contribution in [2.24, 2.45) is 7.05 Å². The molecule has 4 rings (SSSR count). The van der Waals surface area contributed by atoms with E-state index in [4.69, 9.17) is 4.74 Å². The predicted molar refractivity (Wildman–Crippen MR) is 123 cm³/mol. The second-order valence-corrected chi connectivity index (χ2v) is 8.31. The van der Waals surface area contributed by atoms with E-state index < -0.39 is 6.10 Å². The Labute approximate surface area is 186 Å². The number of β-amino-alcohol motifs (C(OH)–C–C–N with tert-alkyl or cyclic N) is 1. The molecule has 3 aromatic rings. The molecule has 9 nitrogen and oxygen atoms in total. The summed E-state index contributed by atoms with van der Waals surface area (Å²) in [4.78, 5) is 31.5. The van der Waals surface area contributed by atoms with E-state index >= 15 is 0 Å². The highest BCUT2D eigenvalue weighted by Gasteiger charge is 2.36. The van der Waals surface area contributed by atoms with Crippen molar-refractivity contribution in [1.82, 2.24) is 14.1 Å². The SMILES string of the molecule is CCCCCCn1c(=O)c2c([nH]c3[n+]2C[C@H](O)CN3c2ccc(OCC)cc2)n(C)c1=O. The van der Waals surface area contributed by atoms with E-state index in [1.54, 1.807) is 11.6 Å². The number of aromatic nitrogens is 4. The number of imidazole rings is 1. The summed E-state index contributed by atoms with van der Waals surface area (Å²) >= 11 is 0. The monoisotopic (exact) mass is 442 g/mol. The quantitative estimate of drug-likeness (QED) is 0.410. The van der Waals surface area contributed by atoms with Crippen LogP contribution in [0.15, 0.2) is 33.9 Å². The van der Waals surface area contributed by atoms with Crippen LogP contribution in [0.4, 0.5) is 11.6 Å². The summed E-state index contributed by atoms with van der Waals surface area (Å²) in [6, 6.07) is 7.60. The smallest absolute Gasteiger partial charge is 0.364 e. The Bertz CT molecular complexity index is 1210. The van der Waals surface area contributed by atoms with Gasteiger partial charge in [0.2, 0.25) is 11.2 Å². The van der Waals surface area contributed by atoms with Crippen LogP contribution >= 0.6 is 0 Å². The maximum Gasteiger partial charge on any atom is 0.364 e. The standard InChI is InChI=1S/C23H31N5O4/c1-4-6-7-8-13-26-21(30)19-20(25(3)23(26)31)24-22-27(14-17(29)15-28(19)22)16-9-11-18(12-10-16)32-5-2/h9-12,17,29H,4-8,13-15H2,1-3H3/p+1/t17-/m1/s1. The van der Waals surface area contributed by atoms with Gasteiger partial charge >= 0.3 is 11.6 Å². The molecule has 9 heteroatoms. The normalized spacial score (nSPS) is 15.9. The van der Waals surface area contributed by atoms with Crippen LogP contribution < -0.4 is 25.5 Å². The average molecular weight is 443 g/mol. The number of anilines is 2. The minimum absolute atomic E-state index is 0.284. The number of nitrogens with one attached hydrogen (secondary N) is 1. The van der Waals surface area contributed by atoms with Crippen molar-refractivity contribution >= 4 is 22.8 Å². The Morgan fingerprint density at radius 3 is 2.59 bits per heavy atom. The molecule has 172 valence electrons. The summed E-state index contributed by atoms with van der Waals surface area (Å²) in [5.41, 5.74) is 1.09. The maximum atomic E-state index is 13.4. The fraction of sp³-hybridized carbons (Fsp3) is 0.522. The summed E-state index contributed by atoms with van der Waals surface area (Å²) < 4.78 is 10.1. The van der Waals surface area contributed by atoms with E-state index in [9.17, 15) is 14.7 Å². The van der Waals surface area contributed by atoms with Crippen molar-refractivity contribution in [3.63, 3.8) is 0 Å². The van der Waals surface area contributed by atoms with Gasteiger partial charge in [-0.15, -0.1) is 0 Å². The largest absolute Gasteiger partial charge is 0.494 e. The summed E-state index contributed by atoms with van der Waals surface area (Å²) in [5, 5.41) is 10.6. The third-order valence-corrected chi connectivity index (χ3v) is 6.02. The van der Waals surface area contributed by atoms with E-state index in [1.807, 2.05) is 36.1 Å². The second-order valence-electron chi connectivity index (χ2n) is 8.31. The zero-order valence-corrected chi connectivity index (χ0v) is 19.0. The zero-order valence-electron chi connectivity index (χ0n) is 19.0. The lowest BCUT2D eigenvalue weighted by Gasteiger charge is -2.25. The number of hydrogen-bond donors (Lipinski definition) is 2. The predicted octanol–water partition coefficient (Wildman–Crippen LogP) is 1.81. The molecule has 0 fully saturated rings. The lowest BCUT2D eigenvalue weighted by atomic mass is 10.2. The first-order valence-corrected chi connectivity index (χ1v) is 11.4. The molecule has 32 heavy (non-hydrogen) atoms. The molecular formula is C23H32N5O4+. The first kappa shape index (κ1) is 22.1. The Kier molecular flexibility index (Phi) is 6.36. The number of aliphatic hydroxyl groups is 1. The number of benzene rings is 1. The number of fused-ring (bicyclic) bond motifs is 3. The van der Waals surface area contributed by atoms with Gasteiger partial charge < -0.3 is 9.84 Å². The molecule has 0 aliphatic carbocycles. The van der Waals surface area contributed by atoms with Crippen LogP contribution in [0.2, 0.25) is 0 Å². The molecule has 1 aromatic carbocycles. The number of ether oxygens (including phenoxy) is 1. The fourth-order valence-electron chi connectivity index (χ4n) is 4.38. The van der Waals surface area contributed by atoms with Gasteiger partial charge in [-0.1, -0.05) is 26.2 Å². The van der Waals surface area contributed by atoms with Crippen LogP contribution in [0.25, 0.3) is 11.2 Å². The second kappa shape index (κ2) is 9.20. The zero-order chi connectivity index (χ0) is 22.8. The van der Waals surface area contributed by atoms with E-state index in [2.05, 4.69) is 11.9 Å². The summed E-state index contributed by atoms with van der Waals surface area (Å²) in [6.45, 7) is 5.70. The Hall–Kier alpha value is -3.07. The lowest BCUT2D eigenvalue weighted by Crippen LogP contribution is -2.55. The third-order valence-electron chi connectivity index (χ3n) is 6.02. The van der Waals surface area contributed by atoms with Crippen molar-refractivity contribution in [3.8, 4) is 5.75 Å². The molecule has 1 aliphatic rings. The van der Waals surface area contributed by atoms with Crippen molar-refractivity contribution in [1.29, 1.82) is 0 Å². The fourth-order valence-corrected chi connectivity index (χ4v) is 4.38. The van der Waals surface area contributed by atoms with Gasteiger partial charge in [-0.2, -0.15) is 0 Å². The lowest BCUT2D eigenvalue weighted by molar-refractivity contribution is -0.670. The van der Waals surface area contributed by atoms with Crippen LogP contribution in [0.5, 0.6) is 5.75 Å². The van der Waals surface area contributed by atoms with E-state index in [1.165, 1.54) is 9.13 Å². The number of aryl methyl sites for hydroxylation is 1. The molecule has 2 aromatic heterocycles. The van der Waals surface area contributed by atoms with Gasteiger partial charge in [-0.25, -0.2) is 19.2 Å². The molecule has 2 N–H and O–H groups in total. The summed E-state index contributed by atoms with van der Waals surface area (Å²) in [6.07, 6.45) is 3.27. The van der Waals surface area contributed by atoms with Crippen LogP contribution in [0.1, 0.15) is 39.5 Å². The Balaban J connectivity index is 1.80. The van der Waals surface area contributed by atoms with Crippen LogP contribution in [0, 0.1) is 0 Å².